The lowest BCUT2D eigenvalue weighted by molar-refractivity contribution is -0.0592. The summed E-state index contributed by atoms with van der Waals surface area (Å²) in [5, 5.41) is 14.6. The van der Waals surface area contributed by atoms with Gasteiger partial charge in [-0.3, -0.25) is 33.1 Å². The monoisotopic (exact) mass is 906 g/mol. The van der Waals surface area contributed by atoms with Crippen molar-refractivity contribution in [2.24, 2.45) is 13.0 Å². The van der Waals surface area contributed by atoms with Gasteiger partial charge in [0.25, 0.3) is 5.91 Å². The summed E-state index contributed by atoms with van der Waals surface area (Å²) in [6.07, 6.45) is 8.49. The minimum atomic E-state index is -0.888. The van der Waals surface area contributed by atoms with Gasteiger partial charge in [-0.1, -0.05) is 24.2 Å². The number of H-pyrrole nitrogens is 1. The number of aromatic amines is 1. The molecule has 2 bridgehead atoms. The maximum atomic E-state index is 16.2. The van der Waals surface area contributed by atoms with Crippen molar-refractivity contribution in [3.8, 4) is 17.2 Å². The van der Waals surface area contributed by atoms with Crippen molar-refractivity contribution < 1.29 is 22.8 Å². The van der Waals surface area contributed by atoms with E-state index in [0.717, 1.165) is 29.3 Å². The molecule has 4 aliphatic rings. The van der Waals surface area contributed by atoms with Crippen LogP contribution in [-0.4, -0.2) is 72.9 Å². The number of aryl methyl sites for hydroxylation is 3. The Morgan fingerprint density at radius 3 is 2.45 bits per heavy atom. The molecule has 17 heteroatoms. The Hall–Kier alpha value is -7.01. The molecule has 8 aromatic rings. The molecule has 1 aliphatic carbocycles. The van der Waals surface area contributed by atoms with E-state index in [0.29, 0.717) is 88.8 Å². The fourth-order valence-corrected chi connectivity index (χ4v) is 11.6. The molecule has 0 spiro atoms. The predicted molar refractivity (Wildman–Crippen MR) is 243 cm³/mol. The van der Waals surface area contributed by atoms with Crippen LogP contribution in [0.3, 0.4) is 0 Å². The first-order chi connectivity index (χ1) is 32.1. The van der Waals surface area contributed by atoms with Gasteiger partial charge < -0.3 is 9.64 Å². The number of amides is 1. The molecule has 3 aliphatic heterocycles. The highest BCUT2D eigenvalue weighted by Gasteiger charge is 2.60. The Labute approximate surface area is 382 Å². The molecule has 67 heavy (non-hydrogen) atoms. The number of nitrogens with zero attached hydrogens (tertiary/aromatic N) is 9. The predicted octanol–water partition coefficient (Wildman–Crippen LogP) is 7.72. The summed E-state index contributed by atoms with van der Waals surface area (Å²) in [6.45, 7) is 10.3. The van der Waals surface area contributed by atoms with Crippen LogP contribution in [0.5, 0.6) is 0 Å². The van der Waals surface area contributed by atoms with E-state index in [-0.39, 0.29) is 46.3 Å². The molecule has 3 aromatic carbocycles. The number of hydrogen-bond acceptors (Lipinski definition) is 9. The highest BCUT2D eigenvalue weighted by molar-refractivity contribution is 6.00. The fraction of sp³-hybridized carbons (Fsp3) is 0.380. The first kappa shape index (κ1) is 41.4. The number of rotatable bonds is 7. The molecule has 3 fully saturated rings. The fourth-order valence-electron chi connectivity index (χ4n) is 11.6. The van der Waals surface area contributed by atoms with Gasteiger partial charge in [0, 0.05) is 49.5 Å². The van der Waals surface area contributed by atoms with Gasteiger partial charge in [0.15, 0.2) is 11.6 Å². The van der Waals surface area contributed by atoms with E-state index in [1.165, 1.54) is 21.5 Å². The third-order valence-corrected chi connectivity index (χ3v) is 15.1. The minimum Gasteiger partial charge on any atom is -0.376 e. The highest BCUT2D eigenvalue weighted by Crippen LogP contribution is 2.58. The second-order valence-electron chi connectivity index (χ2n) is 19.7. The van der Waals surface area contributed by atoms with Crippen molar-refractivity contribution in [1.29, 1.82) is 0 Å². The maximum Gasteiger partial charge on any atom is 0.438 e. The van der Waals surface area contributed by atoms with Crippen LogP contribution in [0.1, 0.15) is 115 Å². The highest BCUT2D eigenvalue weighted by atomic mass is 19.1. The Kier molecular flexibility index (Phi) is 8.96. The Balaban J connectivity index is 1.02. The van der Waals surface area contributed by atoms with Crippen molar-refractivity contribution in [2.45, 2.75) is 102 Å². The number of carbonyl (C=O) groups excluding carboxylic acids is 1. The smallest absolute Gasteiger partial charge is 0.376 e. The third kappa shape index (κ3) is 6.19. The van der Waals surface area contributed by atoms with Crippen LogP contribution in [0.2, 0.25) is 0 Å². The van der Waals surface area contributed by atoms with E-state index in [1.807, 2.05) is 17.0 Å². The van der Waals surface area contributed by atoms with Gasteiger partial charge in [0.2, 0.25) is 0 Å². The van der Waals surface area contributed by atoms with Gasteiger partial charge in [0.1, 0.15) is 11.6 Å². The van der Waals surface area contributed by atoms with Gasteiger partial charge in [-0.25, -0.2) is 23.1 Å². The van der Waals surface area contributed by atoms with Crippen molar-refractivity contribution in [1.82, 2.24) is 48.7 Å². The topological polar surface area (TPSA) is 164 Å². The zero-order valence-corrected chi connectivity index (χ0v) is 37.9. The molecule has 342 valence electrons. The van der Waals surface area contributed by atoms with Crippen LogP contribution in [0.25, 0.3) is 39.0 Å². The summed E-state index contributed by atoms with van der Waals surface area (Å²) in [7, 11) is 1.72. The molecule has 1 N–H and O–H groups in total. The van der Waals surface area contributed by atoms with Gasteiger partial charge in [0.05, 0.1) is 68.0 Å². The average molecular weight is 907 g/mol. The SMILES string of the molecule is Cc1cc(-n2nc3c(c2-n2ccn(-c4ccc5c(cnn5C)c4F)c2=O)[C@@H]2CC[C@H](C3)N2C(=O)c2cc3ccc(C4CCOC(C)(C)C4)cc3nc2C2(c3noc(=O)[nH]3)CC2C)cc(C)c1F. The molecule has 5 aromatic heterocycles. The molecule has 8 heterocycles. The molecule has 0 radical (unpaired) electrons. The Morgan fingerprint density at radius 1 is 0.940 bits per heavy atom. The van der Waals surface area contributed by atoms with E-state index in [2.05, 4.69) is 48.1 Å². The van der Waals surface area contributed by atoms with Crippen LogP contribution >= 0.6 is 0 Å². The van der Waals surface area contributed by atoms with E-state index in [1.54, 1.807) is 60.7 Å². The maximum absolute atomic E-state index is 16.2. The number of halogens is 2. The van der Waals surface area contributed by atoms with E-state index >= 15 is 13.6 Å². The summed E-state index contributed by atoms with van der Waals surface area (Å²) in [5.74, 6) is -0.923. The summed E-state index contributed by atoms with van der Waals surface area (Å²) in [4.78, 5) is 53.1. The minimum absolute atomic E-state index is 0.0269. The Morgan fingerprint density at radius 2 is 1.72 bits per heavy atom. The van der Waals surface area contributed by atoms with Crippen LogP contribution in [0.4, 0.5) is 8.78 Å². The molecular weight excluding hydrogens is 859 g/mol. The molecule has 5 atom stereocenters. The quantitative estimate of drug-likeness (QED) is 0.169. The number of pyridine rings is 1. The lowest BCUT2D eigenvalue weighted by Crippen LogP contribution is -2.43. The molecule has 1 saturated carbocycles. The second-order valence-corrected chi connectivity index (χ2v) is 19.7. The number of fused-ring (bicyclic) bond motifs is 6. The van der Waals surface area contributed by atoms with Gasteiger partial charge in [-0.2, -0.15) is 10.2 Å². The normalized spacial score (nSPS) is 23.1. The number of imidazole rings is 1. The molecule has 3 unspecified atom stereocenters. The van der Waals surface area contributed by atoms with Gasteiger partial charge >= 0.3 is 11.4 Å². The van der Waals surface area contributed by atoms with Crippen molar-refractivity contribution in [2.75, 3.05) is 6.61 Å². The number of carbonyl (C=O) groups is 1. The first-order valence-electron chi connectivity index (χ1n) is 22.9. The molecule has 12 rings (SSSR count). The van der Waals surface area contributed by atoms with Crippen LogP contribution < -0.4 is 11.4 Å². The molecular formula is C50H48F2N10O5. The summed E-state index contributed by atoms with van der Waals surface area (Å²) < 4.78 is 48.4. The summed E-state index contributed by atoms with van der Waals surface area (Å²) >= 11 is 0. The van der Waals surface area contributed by atoms with Crippen molar-refractivity contribution >= 4 is 27.7 Å². The number of aromatic nitrogens is 9. The van der Waals surface area contributed by atoms with Crippen LogP contribution in [0.15, 0.2) is 81.2 Å². The number of hydrogen-bond donors (Lipinski definition) is 1. The Bertz CT molecular complexity index is 3500. The van der Waals surface area contributed by atoms with Crippen molar-refractivity contribution in [3.63, 3.8) is 0 Å². The zero-order chi connectivity index (χ0) is 46.4. The third-order valence-electron chi connectivity index (χ3n) is 15.1. The van der Waals surface area contributed by atoms with E-state index in [4.69, 9.17) is 19.3 Å². The molecule has 1 amide bonds. The van der Waals surface area contributed by atoms with Gasteiger partial charge in [-0.05, 0) is 125 Å². The van der Waals surface area contributed by atoms with Crippen LogP contribution in [-0.2, 0) is 23.6 Å². The number of benzene rings is 3. The largest absolute Gasteiger partial charge is 0.438 e. The summed E-state index contributed by atoms with van der Waals surface area (Å²) in [6, 6.07) is 14.1. The zero-order valence-electron chi connectivity index (χ0n) is 37.9. The lowest BCUT2D eigenvalue weighted by Gasteiger charge is -2.36. The average Bonchev–Trinajstić information content (AvgIpc) is 3.89. The number of ether oxygens (including phenoxy) is 1. The summed E-state index contributed by atoms with van der Waals surface area (Å²) in [5.41, 5.74) is 4.45. The van der Waals surface area contributed by atoms with E-state index in [9.17, 15) is 9.59 Å². The molecule has 2 saturated heterocycles. The van der Waals surface area contributed by atoms with Crippen LogP contribution in [0, 0.1) is 31.4 Å². The van der Waals surface area contributed by atoms with Crippen molar-refractivity contribution in [3.05, 3.63) is 145 Å². The number of nitrogens with one attached hydrogen (secondary N) is 1. The molecule has 15 nitrogen and oxygen atoms in total. The van der Waals surface area contributed by atoms with E-state index < -0.39 is 28.7 Å². The lowest BCUT2D eigenvalue weighted by atomic mass is 9.83. The standard InChI is InChI=1S/C50H48F2N10O5/c1-25-17-32(18-26(2)41(25)51)62-44(60-15-14-59(48(60)65)39-12-11-37-34(42(39)52)24-53-58(37)6)40-36(56-62)21-31-9-10-38(40)61(31)45(63)33-19-29-8-7-28(30-13-16-66-49(4,5)23-30)20-35(29)54-43(33)50(22-27(50)3)46-55-47(64)67-57-46/h7-8,11-12,14-15,17-20,24,27,30-31,38H,9-10,13,16,21-23H2,1-6H3,(H,55,57,64)/t27?,30?,31-,38+,50?/m1/s1. The van der Waals surface area contributed by atoms with Gasteiger partial charge in [-0.15, -0.1) is 0 Å². The first-order valence-corrected chi connectivity index (χ1v) is 22.9. The second kappa shape index (κ2) is 14.5.